The van der Waals surface area contributed by atoms with Gasteiger partial charge in [0, 0.05) is 30.3 Å². The molecular formula is C18H19BrN2O3S. The first-order chi connectivity index (χ1) is 11.7. The topological polar surface area (TPSA) is 66.5 Å². The average Bonchev–Trinajstić information content (AvgIpc) is 2.55. The third kappa shape index (κ3) is 5.01. The van der Waals surface area contributed by atoms with Crippen LogP contribution in [0, 0.1) is 6.92 Å². The molecule has 0 fully saturated rings. The van der Waals surface area contributed by atoms with Crippen molar-refractivity contribution in [2.75, 3.05) is 19.4 Å². The van der Waals surface area contributed by atoms with Gasteiger partial charge in [-0.15, -0.1) is 0 Å². The molecule has 2 rings (SSSR count). The van der Waals surface area contributed by atoms with Gasteiger partial charge in [-0.3, -0.25) is 4.79 Å². The van der Waals surface area contributed by atoms with Gasteiger partial charge in [0.05, 0.1) is 4.90 Å². The Balaban J connectivity index is 2.21. The Hall–Kier alpha value is -1.96. The molecule has 0 bridgehead atoms. The number of anilines is 1. The predicted octanol–water partition coefficient (Wildman–Crippen LogP) is 3.66. The van der Waals surface area contributed by atoms with Gasteiger partial charge in [-0.2, -0.15) is 0 Å². The van der Waals surface area contributed by atoms with Crippen LogP contribution in [0.25, 0.3) is 6.08 Å². The standard InChI is InChI=1S/C18H19BrN2O3S/c1-13-7-9-16(25(23,24)21(2)3)12-17(13)20-18(22)10-8-14-5-4-6-15(19)11-14/h4-12H,1-3H3,(H,20,22)/b10-8+. The summed E-state index contributed by atoms with van der Waals surface area (Å²) in [5.74, 6) is -0.331. The Labute approximate surface area is 156 Å². The van der Waals surface area contributed by atoms with Crippen molar-refractivity contribution in [3.8, 4) is 0 Å². The number of hydrogen-bond donors (Lipinski definition) is 1. The molecule has 0 aliphatic carbocycles. The zero-order chi connectivity index (χ0) is 18.6. The van der Waals surface area contributed by atoms with E-state index in [4.69, 9.17) is 0 Å². The van der Waals surface area contributed by atoms with E-state index >= 15 is 0 Å². The number of amides is 1. The van der Waals surface area contributed by atoms with Gasteiger partial charge in [0.25, 0.3) is 0 Å². The number of sulfonamides is 1. The van der Waals surface area contributed by atoms with Crippen LogP contribution in [-0.4, -0.2) is 32.7 Å². The van der Waals surface area contributed by atoms with Crippen LogP contribution in [0.4, 0.5) is 5.69 Å². The summed E-state index contributed by atoms with van der Waals surface area (Å²) < 4.78 is 26.5. The van der Waals surface area contributed by atoms with Crippen LogP contribution >= 0.6 is 15.9 Å². The number of nitrogens with zero attached hydrogens (tertiary/aromatic N) is 1. The van der Waals surface area contributed by atoms with Gasteiger partial charge in [-0.25, -0.2) is 12.7 Å². The first kappa shape index (κ1) is 19.4. The minimum atomic E-state index is -3.55. The number of hydrogen-bond acceptors (Lipinski definition) is 3. The fourth-order valence-corrected chi connectivity index (χ4v) is 3.41. The molecule has 1 N–H and O–H groups in total. The fraction of sp³-hybridized carbons (Fsp3) is 0.167. The van der Waals surface area contributed by atoms with E-state index < -0.39 is 10.0 Å². The van der Waals surface area contributed by atoms with Crippen molar-refractivity contribution in [3.63, 3.8) is 0 Å². The maximum Gasteiger partial charge on any atom is 0.248 e. The molecule has 1 amide bonds. The van der Waals surface area contributed by atoms with Crippen molar-refractivity contribution < 1.29 is 13.2 Å². The highest BCUT2D eigenvalue weighted by Crippen LogP contribution is 2.22. The molecule has 2 aromatic rings. The highest BCUT2D eigenvalue weighted by molar-refractivity contribution is 9.10. The maximum atomic E-state index is 12.2. The van der Waals surface area contributed by atoms with E-state index in [-0.39, 0.29) is 10.8 Å². The summed E-state index contributed by atoms with van der Waals surface area (Å²) in [6.07, 6.45) is 3.10. The predicted molar refractivity (Wildman–Crippen MR) is 104 cm³/mol. The Bertz CT molecular complexity index is 922. The lowest BCUT2D eigenvalue weighted by Crippen LogP contribution is -2.22. The first-order valence-corrected chi connectivity index (χ1v) is 9.71. The Morgan fingerprint density at radius 2 is 1.88 bits per heavy atom. The smallest absolute Gasteiger partial charge is 0.248 e. The number of aryl methyl sites for hydroxylation is 1. The lowest BCUT2D eigenvalue weighted by Gasteiger charge is -2.14. The van der Waals surface area contributed by atoms with E-state index in [1.807, 2.05) is 24.3 Å². The average molecular weight is 423 g/mol. The minimum absolute atomic E-state index is 0.134. The van der Waals surface area contributed by atoms with Crippen molar-refractivity contribution in [3.05, 3.63) is 64.1 Å². The van der Waals surface area contributed by atoms with E-state index in [0.717, 1.165) is 19.9 Å². The van der Waals surface area contributed by atoms with Crippen LogP contribution in [-0.2, 0) is 14.8 Å². The molecule has 0 unspecified atom stereocenters. The summed E-state index contributed by atoms with van der Waals surface area (Å²) in [5, 5.41) is 2.73. The molecule has 0 saturated carbocycles. The molecule has 2 aromatic carbocycles. The van der Waals surface area contributed by atoms with E-state index in [9.17, 15) is 13.2 Å². The summed E-state index contributed by atoms with van der Waals surface area (Å²) in [4.78, 5) is 12.3. The largest absolute Gasteiger partial charge is 0.322 e. The van der Waals surface area contributed by atoms with Crippen LogP contribution in [0.15, 0.2) is 57.9 Å². The summed E-state index contributed by atoms with van der Waals surface area (Å²) in [6, 6.07) is 12.2. The molecule has 0 aliphatic heterocycles. The SMILES string of the molecule is Cc1ccc(S(=O)(=O)N(C)C)cc1NC(=O)/C=C/c1cccc(Br)c1. The number of carbonyl (C=O) groups excluding carboxylic acids is 1. The van der Waals surface area contributed by atoms with Crippen molar-refractivity contribution in [1.82, 2.24) is 4.31 Å². The maximum absolute atomic E-state index is 12.2. The molecule has 0 atom stereocenters. The van der Waals surface area contributed by atoms with Crippen molar-refractivity contribution in [2.45, 2.75) is 11.8 Å². The minimum Gasteiger partial charge on any atom is -0.322 e. The number of halogens is 1. The van der Waals surface area contributed by atoms with Gasteiger partial charge in [-0.05, 0) is 48.4 Å². The van der Waals surface area contributed by atoms with Gasteiger partial charge < -0.3 is 5.32 Å². The highest BCUT2D eigenvalue weighted by Gasteiger charge is 2.18. The molecule has 132 valence electrons. The van der Waals surface area contributed by atoms with Gasteiger partial charge in [0.15, 0.2) is 0 Å². The Morgan fingerprint density at radius 1 is 1.16 bits per heavy atom. The lowest BCUT2D eigenvalue weighted by atomic mass is 10.2. The third-order valence-corrected chi connectivity index (χ3v) is 5.83. The number of rotatable bonds is 5. The van der Waals surface area contributed by atoms with Gasteiger partial charge in [0.2, 0.25) is 15.9 Å². The van der Waals surface area contributed by atoms with Gasteiger partial charge >= 0.3 is 0 Å². The normalized spacial score (nSPS) is 11.9. The molecule has 0 heterocycles. The van der Waals surface area contributed by atoms with Crippen LogP contribution in [0.2, 0.25) is 0 Å². The molecule has 5 nitrogen and oxygen atoms in total. The van der Waals surface area contributed by atoms with Gasteiger partial charge in [-0.1, -0.05) is 34.1 Å². The molecule has 0 aromatic heterocycles. The first-order valence-electron chi connectivity index (χ1n) is 7.48. The number of benzene rings is 2. The van der Waals surface area contributed by atoms with Crippen molar-refractivity contribution in [2.24, 2.45) is 0 Å². The second-order valence-corrected chi connectivity index (χ2v) is 8.71. The Kier molecular flexibility index (Phi) is 6.16. The van der Waals surface area contributed by atoms with Crippen LogP contribution in [0.5, 0.6) is 0 Å². The zero-order valence-electron chi connectivity index (χ0n) is 14.2. The zero-order valence-corrected chi connectivity index (χ0v) is 16.6. The van der Waals surface area contributed by atoms with Crippen molar-refractivity contribution in [1.29, 1.82) is 0 Å². The number of nitrogens with one attached hydrogen (secondary N) is 1. The van der Waals surface area contributed by atoms with E-state index in [2.05, 4.69) is 21.2 Å². The molecule has 0 spiro atoms. The van der Waals surface area contributed by atoms with Crippen LogP contribution < -0.4 is 5.32 Å². The van der Waals surface area contributed by atoms with E-state index in [1.54, 1.807) is 19.1 Å². The van der Waals surface area contributed by atoms with E-state index in [0.29, 0.717) is 5.69 Å². The summed E-state index contributed by atoms with van der Waals surface area (Å²) in [5.41, 5.74) is 2.12. The monoisotopic (exact) mass is 422 g/mol. The van der Waals surface area contributed by atoms with Crippen molar-refractivity contribution >= 4 is 43.6 Å². The third-order valence-electron chi connectivity index (χ3n) is 3.52. The van der Waals surface area contributed by atoms with E-state index in [1.165, 1.54) is 32.3 Å². The molecular weight excluding hydrogens is 404 g/mol. The van der Waals surface area contributed by atoms with Gasteiger partial charge in [0.1, 0.15) is 0 Å². The fourth-order valence-electron chi connectivity index (χ4n) is 2.06. The molecule has 0 aliphatic rings. The highest BCUT2D eigenvalue weighted by atomic mass is 79.9. The molecule has 25 heavy (non-hydrogen) atoms. The second kappa shape index (κ2) is 7.95. The summed E-state index contributed by atoms with van der Waals surface area (Å²) >= 11 is 3.38. The lowest BCUT2D eigenvalue weighted by molar-refractivity contribution is -0.111. The quantitative estimate of drug-likeness (QED) is 0.747. The second-order valence-electron chi connectivity index (χ2n) is 5.64. The molecule has 7 heteroatoms. The summed E-state index contributed by atoms with van der Waals surface area (Å²) in [6.45, 7) is 1.81. The van der Waals surface area contributed by atoms with Crippen LogP contribution in [0.3, 0.4) is 0 Å². The number of carbonyl (C=O) groups is 1. The van der Waals surface area contributed by atoms with Crippen LogP contribution in [0.1, 0.15) is 11.1 Å². The Morgan fingerprint density at radius 3 is 2.52 bits per heavy atom. The molecule has 0 saturated heterocycles. The molecule has 0 radical (unpaired) electrons. The summed E-state index contributed by atoms with van der Waals surface area (Å²) in [7, 11) is -0.620.